The van der Waals surface area contributed by atoms with Gasteiger partial charge in [-0.1, -0.05) is 0 Å². The summed E-state index contributed by atoms with van der Waals surface area (Å²) >= 11 is 0. The Bertz CT molecular complexity index is 555. The van der Waals surface area contributed by atoms with Crippen molar-refractivity contribution in [3.63, 3.8) is 0 Å². The standard InChI is InChI=1S/C11H10N2O5.Na/c1-11(6-12,10(14)15)8-4-3-7(18-2)5-9(8)13(16)17;/h3-5H,1-2H3,(H,14,15);/q;+1/p-1. The summed E-state index contributed by atoms with van der Waals surface area (Å²) < 4.78 is 4.82. The molecule has 19 heavy (non-hydrogen) atoms. The molecular weight excluding hydrogens is 263 g/mol. The third-order valence-electron chi connectivity index (χ3n) is 2.57. The molecule has 0 aliphatic carbocycles. The topological polar surface area (TPSA) is 116 Å². The number of carboxylic acids is 1. The number of ether oxygens (including phenoxy) is 1. The summed E-state index contributed by atoms with van der Waals surface area (Å²) in [5.41, 5.74) is -2.83. The molecule has 0 fully saturated rings. The van der Waals surface area contributed by atoms with Crippen LogP contribution in [0, 0.1) is 21.4 Å². The van der Waals surface area contributed by atoms with Crippen LogP contribution >= 0.6 is 0 Å². The summed E-state index contributed by atoms with van der Waals surface area (Å²) in [7, 11) is 1.32. The molecule has 0 aliphatic heterocycles. The molecule has 0 bridgehead atoms. The molecule has 0 saturated carbocycles. The molecule has 8 heteroatoms. The van der Waals surface area contributed by atoms with Crippen molar-refractivity contribution in [3.05, 3.63) is 33.9 Å². The smallest absolute Gasteiger partial charge is 0.548 e. The molecule has 1 aromatic carbocycles. The van der Waals surface area contributed by atoms with Crippen LogP contribution in [0.15, 0.2) is 18.2 Å². The Morgan fingerprint density at radius 1 is 1.53 bits per heavy atom. The van der Waals surface area contributed by atoms with Gasteiger partial charge in [-0.15, -0.1) is 0 Å². The first-order chi connectivity index (χ1) is 8.36. The van der Waals surface area contributed by atoms with E-state index in [1.165, 1.54) is 25.3 Å². The van der Waals surface area contributed by atoms with Gasteiger partial charge in [0.2, 0.25) is 0 Å². The Hall–Kier alpha value is -1.62. The van der Waals surface area contributed by atoms with E-state index >= 15 is 0 Å². The summed E-state index contributed by atoms with van der Waals surface area (Å²) in [6.07, 6.45) is 0. The van der Waals surface area contributed by atoms with Gasteiger partial charge in [0.15, 0.2) is 0 Å². The summed E-state index contributed by atoms with van der Waals surface area (Å²) in [4.78, 5) is 21.1. The van der Waals surface area contributed by atoms with Crippen LogP contribution in [0.25, 0.3) is 0 Å². The second-order valence-corrected chi connectivity index (χ2v) is 3.66. The Morgan fingerprint density at radius 2 is 2.11 bits per heavy atom. The normalized spacial score (nSPS) is 12.5. The van der Waals surface area contributed by atoms with Crippen LogP contribution in [0.3, 0.4) is 0 Å². The van der Waals surface area contributed by atoms with Crippen LogP contribution in [-0.2, 0) is 10.2 Å². The number of carbonyl (C=O) groups is 1. The zero-order chi connectivity index (χ0) is 13.9. The monoisotopic (exact) mass is 272 g/mol. The molecule has 0 heterocycles. The third kappa shape index (κ3) is 3.23. The molecule has 0 N–H and O–H groups in total. The molecule has 1 rings (SSSR count). The van der Waals surface area contributed by atoms with Crippen LogP contribution in [0.1, 0.15) is 12.5 Å². The van der Waals surface area contributed by atoms with Crippen LogP contribution in [-0.4, -0.2) is 18.0 Å². The average Bonchev–Trinajstić information content (AvgIpc) is 2.36. The number of hydrogen-bond donors (Lipinski definition) is 0. The minimum absolute atomic E-state index is 0. The van der Waals surface area contributed by atoms with Crippen molar-refractivity contribution in [1.29, 1.82) is 5.26 Å². The first kappa shape index (κ1) is 17.4. The van der Waals surface area contributed by atoms with Crippen molar-refractivity contribution in [2.45, 2.75) is 12.3 Å². The van der Waals surface area contributed by atoms with Crippen LogP contribution in [0.2, 0.25) is 0 Å². The molecule has 94 valence electrons. The van der Waals surface area contributed by atoms with E-state index in [1.807, 2.05) is 0 Å². The largest absolute Gasteiger partial charge is 1.00 e. The number of methoxy groups -OCH3 is 1. The Morgan fingerprint density at radius 3 is 2.47 bits per heavy atom. The number of nitro groups is 1. The Labute approximate surface area is 131 Å². The molecule has 1 atom stereocenters. The predicted octanol–water partition coefficient (Wildman–Crippen LogP) is -2.86. The first-order valence-electron chi connectivity index (χ1n) is 4.82. The van der Waals surface area contributed by atoms with Gasteiger partial charge in [-0.25, -0.2) is 0 Å². The van der Waals surface area contributed by atoms with Crippen molar-refractivity contribution in [2.75, 3.05) is 7.11 Å². The molecule has 0 aliphatic rings. The quantitative estimate of drug-likeness (QED) is 0.330. The zero-order valence-electron chi connectivity index (χ0n) is 10.7. The van der Waals surface area contributed by atoms with E-state index in [0.717, 1.165) is 13.0 Å². The van der Waals surface area contributed by atoms with Crippen molar-refractivity contribution in [2.24, 2.45) is 0 Å². The fourth-order valence-corrected chi connectivity index (χ4v) is 1.43. The second-order valence-electron chi connectivity index (χ2n) is 3.66. The number of carbonyl (C=O) groups excluding carboxylic acids is 1. The minimum atomic E-state index is -2.09. The van der Waals surface area contributed by atoms with Crippen LogP contribution < -0.4 is 39.4 Å². The van der Waals surface area contributed by atoms with Gasteiger partial charge in [0.25, 0.3) is 5.69 Å². The fraction of sp³-hybridized carbons (Fsp3) is 0.273. The van der Waals surface area contributed by atoms with Crippen molar-refractivity contribution in [3.8, 4) is 11.8 Å². The van der Waals surface area contributed by atoms with E-state index in [9.17, 15) is 20.0 Å². The summed E-state index contributed by atoms with van der Waals surface area (Å²) in [5.74, 6) is -1.50. The van der Waals surface area contributed by atoms with E-state index in [1.54, 1.807) is 0 Å². The van der Waals surface area contributed by atoms with Crippen LogP contribution in [0.5, 0.6) is 5.75 Å². The van der Waals surface area contributed by atoms with Gasteiger partial charge >= 0.3 is 29.6 Å². The van der Waals surface area contributed by atoms with Gasteiger partial charge in [-0.05, 0) is 19.1 Å². The molecule has 0 amide bonds. The van der Waals surface area contributed by atoms with Crippen molar-refractivity contribution in [1.82, 2.24) is 0 Å². The number of nitrogens with zero attached hydrogens (tertiary/aromatic N) is 2. The molecule has 0 radical (unpaired) electrons. The Balaban J connectivity index is 0.00000324. The molecule has 1 unspecified atom stereocenters. The number of hydrogen-bond acceptors (Lipinski definition) is 6. The molecular formula is C11H9N2NaO5. The average molecular weight is 272 g/mol. The van der Waals surface area contributed by atoms with Crippen molar-refractivity contribution >= 4 is 11.7 Å². The van der Waals surface area contributed by atoms with E-state index in [-0.39, 0.29) is 40.9 Å². The maximum atomic E-state index is 11.0. The first-order valence-corrected chi connectivity index (χ1v) is 4.82. The van der Waals surface area contributed by atoms with Crippen LogP contribution in [0.4, 0.5) is 5.69 Å². The van der Waals surface area contributed by atoms with E-state index in [2.05, 4.69) is 0 Å². The molecule has 0 aromatic heterocycles. The molecule has 1 aromatic rings. The fourth-order valence-electron chi connectivity index (χ4n) is 1.43. The molecule has 0 spiro atoms. The summed E-state index contributed by atoms with van der Waals surface area (Å²) in [6, 6.07) is 5.11. The van der Waals surface area contributed by atoms with Gasteiger partial charge in [0, 0.05) is 0 Å². The zero-order valence-corrected chi connectivity index (χ0v) is 12.7. The van der Waals surface area contributed by atoms with Gasteiger partial charge in [0.1, 0.15) is 11.2 Å². The van der Waals surface area contributed by atoms with Crippen molar-refractivity contribution < 1.29 is 49.1 Å². The minimum Gasteiger partial charge on any atom is -0.548 e. The third-order valence-corrected chi connectivity index (χ3v) is 2.57. The van der Waals surface area contributed by atoms with E-state index < -0.39 is 22.0 Å². The van der Waals surface area contributed by atoms with Gasteiger partial charge in [-0.3, -0.25) is 10.1 Å². The maximum Gasteiger partial charge on any atom is 1.00 e. The number of rotatable bonds is 4. The summed E-state index contributed by atoms with van der Waals surface area (Å²) in [6.45, 7) is 1.05. The molecule has 0 saturated heterocycles. The number of benzene rings is 1. The number of nitriles is 1. The number of aliphatic carboxylic acids is 1. The van der Waals surface area contributed by atoms with Gasteiger partial charge in [-0.2, -0.15) is 5.26 Å². The number of nitro benzene ring substituents is 1. The second kappa shape index (κ2) is 6.52. The van der Waals surface area contributed by atoms with E-state index in [4.69, 9.17) is 10.00 Å². The number of carboxylic acid groups (broad SMARTS) is 1. The van der Waals surface area contributed by atoms with E-state index in [0.29, 0.717) is 0 Å². The molecule has 7 nitrogen and oxygen atoms in total. The Kier molecular flexibility index (Phi) is 5.96. The summed E-state index contributed by atoms with van der Waals surface area (Å²) in [5, 5.41) is 30.8. The van der Waals surface area contributed by atoms with Gasteiger partial charge < -0.3 is 14.6 Å². The van der Waals surface area contributed by atoms with Gasteiger partial charge in [0.05, 0.1) is 35.7 Å². The predicted molar refractivity (Wildman–Crippen MR) is 57.6 cm³/mol. The SMILES string of the molecule is COc1ccc(C(C)(C#N)C(=O)[O-])c([N+](=O)[O-])c1.[Na+]. The maximum absolute atomic E-state index is 11.0.